The normalized spacial score (nSPS) is 11.1. The number of nitrogens with zero attached hydrogens (tertiary/aromatic N) is 1. The zero-order chi connectivity index (χ0) is 16.8. The first-order chi connectivity index (χ1) is 10.3. The fraction of sp³-hybridized carbons (Fsp3) is 0.583. The van der Waals surface area contributed by atoms with Crippen molar-refractivity contribution in [3.8, 4) is 0 Å². The van der Waals surface area contributed by atoms with Gasteiger partial charge in [-0.2, -0.15) is 0 Å². The average Bonchev–Trinajstić information content (AvgIpc) is 2.77. The molecule has 0 aliphatic rings. The summed E-state index contributed by atoms with van der Waals surface area (Å²) in [4.78, 5) is 27.0. The molecule has 0 atom stereocenters. The number of aromatic nitrogens is 1. The highest BCUT2D eigenvalue weighted by Crippen LogP contribution is 2.29. The van der Waals surface area contributed by atoms with Crippen LogP contribution in [0.5, 0.6) is 0 Å². The topological polar surface area (TPSA) is 80.3 Å². The summed E-state index contributed by atoms with van der Waals surface area (Å²) in [6.07, 6.45) is -0.669. The van der Waals surface area contributed by atoms with Crippen LogP contribution in [0.4, 0.5) is 23.0 Å². The van der Waals surface area contributed by atoms with Crippen LogP contribution in [0.2, 0.25) is 0 Å². The molecule has 124 valence electrons. The SMILES string of the molecule is CCOC(=O)c1nc(CC(C)(F)F)sc1NC(=O)NCCF. The Bertz CT molecular complexity index is 531. The number of hydrogen-bond acceptors (Lipinski definition) is 5. The van der Waals surface area contributed by atoms with Crippen LogP contribution >= 0.6 is 11.3 Å². The van der Waals surface area contributed by atoms with Gasteiger partial charge < -0.3 is 10.1 Å². The van der Waals surface area contributed by atoms with Gasteiger partial charge in [0.2, 0.25) is 0 Å². The van der Waals surface area contributed by atoms with E-state index < -0.39 is 31.0 Å². The maximum atomic E-state index is 13.0. The maximum absolute atomic E-state index is 13.0. The van der Waals surface area contributed by atoms with Gasteiger partial charge in [0.15, 0.2) is 5.69 Å². The standard InChI is InChI=1S/C12H16F3N3O3S/c1-3-21-10(19)8-9(18-11(20)16-5-4-13)22-7(17-8)6-12(2,14)15/h3-6H2,1-2H3,(H2,16,18,20). The van der Waals surface area contributed by atoms with Crippen molar-refractivity contribution < 1.29 is 27.5 Å². The van der Waals surface area contributed by atoms with Crippen LogP contribution in [0.3, 0.4) is 0 Å². The van der Waals surface area contributed by atoms with Crippen molar-refractivity contribution in [3.63, 3.8) is 0 Å². The summed E-state index contributed by atoms with van der Waals surface area (Å²) in [7, 11) is 0. The highest BCUT2D eigenvalue weighted by molar-refractivity contribution is 7.16. The molecule has 1 rings (SSSR count). The molecule has 0 spiro atoms. The summed E-state index contributed by atoms with van der Waals surface area (Å²) in [5.41, 5.74) is -0.249. The molecule has 6 nitrogen and oxygen atoms in total. The number of alkyl halides is 3. The van der Waals surface area contributed by atoms with Crippen molar-refractivity contribution in [1.82, 2.24) is 10.3 Å². The van der Waals surface area contributed by atoms with Gasteiger partial charge in [-0.1, -0.05) is 0 Å². The monoisotopic (exact) mass is 339 g/mol. The Balaban J connectivity index is 2.95. The van der Waals surface area contributed by atoms with E-state index >= 15 is 0 Å². The van der Waals surface area contributed by atoms with E-state index in [0.29, 0.717) is 0 Å². The van der Waals surface area contributed by atoms with E-state index in [1.165, 1.54) is 0 Å². The molecule has 1 heterocycles. The number of carbonyl (C=O) groups excluding carboxylic acids is 2. The Hall–Kier alpha value is -1.84. The lowest BCUT2D eigenvalue weighted by molar-refractivity contribution is 0.0223. The average molecular weight is 339 g/mol. The van der Waals surface area contributed by atoms with E-state index in [1.807, 2.05) is 0 Å². The Morgan fingerprint density at radius 3 is 2.64 bits per heavy atom. The maximum Gasteiger partial charge on any atom is 0.360 e. The van der Waals surface area contributed by atoms with Gasteiger partial charge in [0, 0.05) is 6.54 Å². The second-order valence-corrected chi connectivity index (χ2v) is 5.41. The number of urea groups is 1. The first-order valence-corrected chi connectivity index (χ1v) is 7.24. The van der Waals surface area contributed by atoms with Gasteiger partial charge in [0.1, 0.15) is 16.7 Å². The molecule has 0 fully saturated rings. The van der Waals surface area contributed by atoms with Crippen LogP contribution in [0, 0.1) is 0 Å². The summed E-state index contributed by atoms with van der Waals surface area (Å²) < 4.78 is 42.8. The van der Waals surface area contributed by atoms with Crippen LogP contribution < -0.4 is 10.6 Å². The Morgan fingerprint density at radius 2 is 2.09 bits per heavy atom. The van der Waals surface area contributed by atoms with E-state index in [1.54, 1.807) is 6.92 Å². The van der Waals surface area contributed by atoms with Crippen molar-refractivity contribution in [2.45, 2.75) is 26.2 Å². The lowest BCUT2D eigenvalue weighted by Gasteiger charge is -2.06. The minimum absolute atomic E-state index is 0.0173. The number of carbonyl (C=O) groups is 2. The third kappa shape index (κ3) is 5.88. The molecule has 0 saturated carbocycles. The molecule has 1 aromatic rings. The smallest absolute Gasteiger partial charge is 0.360 e. The fourth-order valence-corrected chi connectivity index (χ4v) is 2.50. The molecule has 0 bridgehead atoms. The molecule has 0 aliphatic heterocycles. The number of hydrogen-bond donors (Lipinski definition) is 2. The summed E-state index contributed by atoms with van der Waals surface area (Å²) in [5, 5.41) is 4.44. The first kappa shape index (κ1) is 18.2. The lowest BCUT2D eigenvalue weighted by atomic mass is 10.3. The van der Waals surface area contributed by atoms with Crippen molar-refractivity contribution in [3.05, 3.63) is 10.7 Å². The molecule has 22 heavy (non-hydrogen) atoms. The number of rotatable bonds is 7. The van der Waals surface area contributed by atoms with Gasteiger partial charge in [-0.25, -0.2) is 27.7 Å². The Labute approximate surface area is 129 Å². The summed E-state index contributed by atoms with van der Waals surface area (Å²) in [5.74, 6) is -3.83. The van der Waals surface area contributed by atoms with Gasteiger partial charge in [0.05, 0.1) is 13.0 Å². The van der Waals surface area contributed by atoms with Crippen molar-refractivity contribution >= 4 is 28.3 Å². The molecule has 0 unspecified atom stereocenters. The number of anilines is 1. The van der Waals surface area contributed by atoms with Crippen LogP contribution in [0.25, 0.3) is 0 Å². The molecule has 2 N–H and O–H groups in total. The highest BCUT2D eigenvalue weighted by Gasteiger charge is 2.27. The van der Waals surface area contributed by atoms with Gasteiger partial charge in [-0.3, -0.25) is 5.32 Å². The van der Waals surface area contributed by atoms with Crippen LogP contribution in [0.1, 0.15) is 29.3 Å². The van der Waals surface area contributed by atoms with Crippen LogP contribution in [-0.2, 0) is 11.2 Å². The van der Waals surface area contributed by atoms with E-state index in [9.17, 15) is 22.8 Å². The van der Waals surface area contributed by atoms with E-state index in [-0.39, 0.29) is 28.9 Å². The first-order valence-electron chi connectivity index (χ1n) is 6.42. The minimum atomic E-state index is -3.00. The van der Waals surface area contributed by atoms with Crippen molar-refractivity contribution in [1.29, 1.82) is 0 Å². The third-order valence-corrected chi connectivity index (χ3v) is 3.18. The second-order valence-electron chi connectivity index (χ2n) is 4.32. The van der Waals surface area contributed by atoms with Gasteiger partial charge in [-0.15, -0.1) is 11.3 Å². The van der Waals surface area contributed by atoms with Crippen LogP contribution in [0.15, 0.2) is 0 Å². The Morgan fingerprint density at radius 1 is 1.41 bits per heavy atom. The quantitative estimate of drug-likeness (QED) is 0.748. The largest absolute Gasteiger partial charge is 0.461 e. The summed E-state index contributed by atoms with van der Waals surface area (Å²) in [6.45, 7) is 1.41. The molecule has 0 aliphatic carbocycles. The van der Waals surface area contributed by atoms with Crippen LogP contribution in [-0.4, -0.2) is 42.7 Å². The molecule has 0 radical (unpaired) electrons. The molecule has 0 aromatic carbocycles. The molecule has 2 amide bonds. The highest BCUT2D eigenvalue weighted by atomic mass is 32.1. The zero-order valence-electron chi connectivity index (χ0n) is 12.0. The van der Waals surface area contributed by atoms with E-state index in [4.69, 9.17) is 4.74 Å². The van der Waals surface area contributed by atoms with Crippen molar-refractivity contribution in [2.75, 3.05) is 25.1 Å². The Kier molecular flexibility index (Phi) is 6.60. The second kappa shape index (κ2) is 7.97. The third-order valence-electron chi connectivity index (χ3n) is 2.21. The number of thiazole rings is 1. The zero-order valence-corrected chi connectivity index (χ0v) is 12.9. The molecular weight excluding hydrogens is 323 g/mol. The van der Waals surface area contributed by atoms with Gasteiger partial charge in [-0.05, 0) is 13.8 Å². The lowest BCUT2D eigenvalue weighted by Crippen LogP contribution is -2.30. The van der Waals surface area contributed by atoms with E-state index in [0.717, 1.165) is 18.3 Å². The predicted octanol–water partition coefficient (Wildman–Crippen LogP) is 2.61. The predicted molar refractivity (Wildman–Crippen MR) is 75.4 cm³/mol. The summed E-state index contributed by atoms with van der Waals surface area (Å²) >= 11 is 0.745. The molecule has 1 aromatic heterocycles. The summed E-state index contributed by atoms with van der Waals surface area (Å²) in [6, 6.07) is -0.762. The van der Waals surface area contributed by atoms with Gasteiger partial charge >= 0.3 is 12.0 Å². The van der Waals surface area contributed by atoms with Crippen molar-refractivity contribution in [2.24, 2.45) is 0 Å². The number of nitrogens with one attached hydrogen (secondary N) is 2. The molecule has 10 heteroatoms. The fourth-order valence-electron chi connectivity index (χ4n) is 1.44. The minimum Gasteiger partial charge on any atom is -0.461 e. The number of amides is 2. The number of ether oxygens (including phenoxy) is 1. The van der Waals surface area contributed by atoms with E-state index in [2.05, 4.69) is 15.6 Å². The molecule has 0 saturated heterocycles. The van der Waals surface area contributed by atoms with Gasteiger partial charge in [0.25, 0.3) is 5.92 Å². The molecular formula is C12H16F3N3O3S. The number of halogens is 3. The number of esters is 1.